The highest BCUT2D eigenvalue weighted by Gasteiger charge is 2.38. The summed E-state index contributed by atoms with van der Waals surface area (Å²) in [5.41, 5.74) is 0.597. The van der Waals surface area contributed by atoms with Crippen LogP contribution in [0.4, 0.5) is 0 Å². The van der Waals surface area contributed by atoms with Gasteiger partial charge in [-0.25, -0.2) is 0 Å². The van der Waals surface area contributed by atoms with E-state index in [1.807, 2.05) is 49.4 Å². The fraction of sp³-hybridized carbons (Fsp3) is 0.250. The van der Waals surface area contributed by atoms with Crippen LogP contribution in [0.5, 0.6) is 0 Å². The molecule has 2 heteroatoms. The molecule has 1 aromatic carbocycles. The molecular formula is C12H12O2. The Morgan fingerprint density at radius 2 is 1.93 bits per heavy atom. The van der Waals surface area contributed by atoms with Gasteiger partial charge >= 0.3 is 5.97 Å². The normalized spacial score (nSPS) is 16.4. The molecular weight excluding hydrogens is 176 g/mol. The average molecular weight is 188 g/mol. The summed E-state index contributed by atoms with van der Waals surface area (Å²) < 4.78 is 5.15. The van der Waals surface area contributed by atoms with Crippen LogP contribution in [-0.2, 0) is 16.1 Å². The molecule has 72 valence electrons. The lowest BCUT2D eigenvalue weighted by Gasteiger charge is -2.09. The Kier molecular flexibility index (Phi) is 2.12. The van der Waals surface area contributed by atoms with E-state index in [4.69, 9.17) is 4.74 Å². The molecule has 2 rings (SSSR count). The summed E-state index contributed by atoms with van der Waals surface area (Å²) in [6, 6.07) is 9.68. The van der Waals surface area contributed by atoms with Crippen LogP contribution in [-0.4, -0.2) is 5.97 Å². The molecule has 14 heavy (non-hydrogen) atoms. The van der Waals surface area contributed by atoms with Crippen molar-refractivity contribution in [3.05, 3.63) is 48.0 Å². The molecule has 1 aliphatic carbocycles. The van der Waals surface area contributed by atoms with E-state index in [0.29, 0.717) is 6.61 Å². The topological polar surface area (TPSA) is 26.3 Å². The van der Waals surface area contributed by atoms with Gasteiger partial charge in [0.2, 0.25) is 0 Å². The smallest absolute Gasteiger partial charge is 0.319 e. The molecule has 1 aromatic rings. The van der Waals surface area contributed by atoms with Crippen molar-refractivity contribution in [2.45, 2.75) is 13.5 Å². The van der Waals surface area contributed by atoms with Gasteiger partial charge in [-0.2, -0.15) is 0 Å². The van der Waals surface area contributed by atoms with E-state index >= 15 is 0 Å². The highest BCUT2D eigenvalue weighted by Crippen LogP contribution is 2.35. The highest BCUT2D eigenvalue weighted by molar-refractivity contribution is 5.85. The van der Waals surface area contributed by atoms with Gasteiger partial charge < -0.3 is 4.74 Å². The molecule has 0 bridgehead atoms. The minimum Gasteiger partial charge on any atom is -0.460 e. The van der Waals surface area contributed by atoms with E-state index < -0.39 is 5.41 Å². The summed E-state index contributed by atoms with van der Waals surface area (Å²) in [6.45, 7) is 2.21. The second kappa shape index (κ2) is 3.29. The molecule has 0 spiro atoms. The Labute approximate surface area is 83.2 Å². The van der Waals surface area contributed by atoms with Gasteiger partial charge in [0.05, 0.1) is 0 Å². The number of rotatable bonds is 3. The lowest BCUT2D eigenvalue weighted by molar-refractivity contribution is -0.149. The third-order valence-corrected chi connectivity index (χ3v) is 2.32. The first-order valence-corrected chi connectivity index (χ1v) is 4.62. The third-order valence-electron chi connectivity index (χ3n) is 2.32. The predicted molar refractivity (Wildman–Crippen MR) is 53.5 cm³/mol. The minimum absolute atomic E-state index is 0.165. The van der Waals surface area contributed by atoms with E-state index in [-0.39, 0.29) is 5.97 Å². The number of benzene rings is 1. The quantitative estimate of drug-likeness (QED) is 0.537. The first-order chi connectivity index (χ1) is 6.71. The number of hydrogen-bond donors (Lipinski definition) is 0. The molecule has 0 saturated heterocycles. The second-order valence-electron chi connectivity index (χ2n) is 3.68. The Morgan fingerprint density at radius 1 is 1.29 bits per heavy atom. The molecule has 0 fully saturated rings. The summed E-state index contributed by atoms with van der Waals surface area (Å²) >= 11 is 0. The van der Waals surface area contributed by atoms with Crippen LogP contribution in [0.1, 0.15) is 12.5 Å². The lowest BCUT2D eigenvalue weighted by Crippen LogP contribution is -2.16. The summed E-state index contributed by atoms with van der Waals surface area (Å²) in [5, 5.41) is 0. The Morgan fingerprint density at radius 3 is 2.50 bits per heavy atom. The van der Waals surface area contributed by atoms with Crippen LogP contribution in [0.15, 0.2) is 42.5 Å². The van der Waals surface area contributed by atoms with Crippen molar-refractivity contribution in [3.63, 3.8) is 0 Å². The zero-order chi connectivity index (χ0) is 10.0. The van der Waals surface area contributed by atoms with E-state index in [0.717, 1.165) is 5.56 Å². The average Bonchev–Trinajstić information content (AvgIpc) is 2.96. The Hall–Kier alpha value is -1.57. The van der Waals surface area contributed by atoms with Crippen LogP contribution in [0.2, 0.25) is 0 Å². The SMILES string of the molecule is CC1(C(=O)OCc2ccccc2)C=C1. The molecule has 0 amide bonds. The van der Waals surface area contributed by atoms with Gasteiger partial charge in [-0.15, -0.1) is 0 Å². The zero-order valence-electron chi connectivity index (χ0n) is 8.07. The third kappa shape index (κ3) is 1.84. The molecule has 0 unspecified atom stereocenters. The van der Waals surface area contributed by atoms with Gasteiger partial charge in [0, 0.05) is 0 Å². The molecule has 0 radical (unpaired) electrons. The van der Waals surface area contributed by atoms with Crippen LogP contribution in [0, 0.1) is 5.41 Å². The summed E-state index contributed by atoms with van der Waals surface area (Å²) in [4.78, 5) is 11.4. The van der Waals surface area contributed by atoms with E-state index in [9.17, 15) is 4.79 Å². The van der Waals surface area contributed by atoms with Crippen molar-refractivity contribution < 1.29 is 9.53 Å². The molecule has 0 atom stereocenters. The number of esters is 1. The van der Waals surface area contributed by atoms with Gasteiger partial charge in [-0.1, -0.05) is 42.5 Å². The van der Waals surface area contributed by atoms with E-state index in [1.165, 1.54) is 0 Å². The number of carbonyl (C=O) groups is 1. The molecule has 0 saturated carbocycles. The molecule has 2 nitrogen and oxygen atoms in total. The van der Waals surface area contributed by atoms with Crippen molar-refractivity contribution in [2.24, 2.45) is 5.41 Å². The van der Waals surface area contributed by atoms with Crippen molar-refractivity contribution in [1.82, 2.24) is 0 Å². The van der Waals surface area contributed by atoms with Crippen molar-refractivity contribution in [3.8, 4) is 0 Å². The first-order valence-electron chi connectivity index (χ1n) is 4.62. The lowest BCUT2D eigenvalue weighted by atomic mass is 10.1. The maximum atomic E-state index is 11.4. The van der Waals surface area contributed by atoms with Gasteiger partial charge in [0.25, 0.3) is 0 Å². The van der Waals surface area contributed by atoms with Gasteiger partial charge in [-0.3, -0.25) is 4.79 Å². The molecule has 0 aliphatic heterocycles. The van der Waals surface area contributed by atoms with Crippen LogP contribution in [0.3, 0.4) is 0 Å². The largest absolute Gasteiger partial charge is 0.460 e. The van der Waals surface area contributed by atoms with Gasteiger partial charge in [0.1, 0.15) is 12.0 Å². The molecule has 0 aromatic heterocycles. The monoisotopic (exact) mass is 188 g/mol. The zero-order valence-corrected chi connectivity index (χ0v) is 8.07. The van der Waals surface area contributed by atoms with Crippen molar-refractivity contribution >= 4 is 5.97 Å². The maximum absolute atomic E-state index is 11.4. The maximum Gasteiger partial charge on any atom is 0.319 e. The fourth-order valence-corrected chi connectivity index (χ4v) is 1.14. The Balaban J connectivity index is 1.86. The first kappa shape index (κ1) is 9.00. The summed E-state index contributed by atoms with van der Waals surface area (Å²) in [5.74, 6) is -0.165. The number of ether oxygens (including phenoxy) is 1. The minimum atomic E-state index is -0.422. The number of carbonyl (C=O) groups excluding carboxylic acids is 1. The van der Waals surface area contributed by atoms with Crippen LogP contribution >= 0.6 is 0 Å². The van der Waals surface area contributed by atoms with Gasteiger partial charge in [-0.05, 0) is 12.5 Å². The predicted octanol–water partition coefficient (Wildman–Crippen LogP) is 2.31. The highest BCUT2D eigenvalue weighted by atomic mass is 16.5. The second-order valence-corrected chi connectivity index (χ2v) is 3.68. The van der Waals surface area contributed by atoms with Gasteiger partial charge in [0.15, 0.2) is 0 Å². The molecule has 1 aliphatic rings. The summed E-state index contributed by atoms with van der Waals surface area (Å²) in [7, 11) is 0. The van der Waals surface area contributed by atoms with E-state index in [2.05, 4.69) is 0 Å². The Bertz CT molecular complexity index is 359. The van der Waals surface area contributed by atoms with E-state index in [1.54, 1.807) is 0 Å². The van der Waals surface area contributed by atoms with Crippen molar-refractivity contribution in [1.29, 1.82) is 0 Å². The molecule has 0 N–H and O–H groups in total. The molecule has 0 heterocycles. The summed E-state index contributed by atoms with van der Waals surface area (Å²) in [6.07, 6.45) is 3.70. The standard InChI is InChI=1S/C12H12O2/c1-12(7-8-12)11(13)14-9-10-5-3-2-4-6-10/h2-8H,9H2,1H3. The van der Waals surface area contributed by atoms with Crippen LogP contribution < -0.4 is 0 Å². The van der Waals surface area contributed by atoms with Crippen molar-refractivity contribution in [2.75, 3.05) is 0 Å². The fourth-order valence-electron chi connectivity index (χ4n) is 1.14. The number of hydrogen-bond acceptors (Lipinski definition) is 2. The van der Waals surface area contributed by atoms with Crippen LogP contribution in [0.25, 0.3) is 0 Å².